The third kappa shape index (κ3) is 6.90. The first-order valence-corrected chi connectivity index (χ1v) is 15.9. The van der Waals surface area contributed by atoms with Gasteiger partial charge in [0.15, 0.2) is 0 Å². The highest BCUT2D eigenvalue weighted by molar-refractivity contribution is 7.92. The minimum atomic E-state index is -3.90. The van der Waals surface area contributed by atoms with E-state index < -0.39 is 32.0 Å². The molecule has 1 unspecified atom stereocenters. The Labute approximate surface area is 229 Å². The number of aryl methyl sites for hydroxylation is 2. The molecule has 1 aliphatic heterocycles. The molecular weight excluding hydrogens is 540 g/mol. The Bertz CT molecular complexity index is 1560. The van der Waals surface area contributed by atoms with Crippen molar-refractivity contribution in [3.05, 3.63) is 77.4 Å². The first kappa shape index (κ1) is 28.4. The molecule has 0 bridgehead atoms. The van der Waals surface area contributed by atoms with Gasteiger partial charge < -0.3 is 9.47 Å². The van der Waals surface area contributed by atoms with E-state index in [1.165, 1.54) is 13.2 Å². The minimum absolute atomic E-state index is 0.0973. The maximum atomic E-state index is 12.2. The summed E-state index contributed by atoms with van der Waals surface area (Å²) in [5.74, 6) is 0.812. The van der Waals surface area contributed by atoms with Crippen LogP contribution in [0.25, 0.3) is 11.1 Å². The standard InChI is InChI=1S/C28H32N2O7S2/c1-19-15-26(36-13-6-14-38(4,32)33)16-20(2)27(19)23-8-5-7-22(17-23)18-37-25-11-9-24(10-12-25)30-21(3)28(31)29-39(30,34)35/h5,7-12,15-17,21H,6,13-14,18H2,1-4H3,(H,29,31). The van der Waals surface area contributed by atoms with Crippen molar-refractivity contribution >= 4 is 31.6 Å². The Kier molecular flexibility index (Phi) is 8.22. The van der Waals surface area contributed by atoms with E-state index in [1.807, 2.05) is 48.9 Å². The summed E-state index contributed by atoms with van der Waals surface area (Å²) >= 11 is 0. The highest BCUT2D eigenvalue weighted by Gasteiger charge is 2.41. The molecule has 0 aromatic heterocycles. The monoisotopic (exact) mass is 572 g/mol. The molecule has 1 amide bonds. The largest absolute Gasteiger partial charge is 0.494 e. The van der Waals surface area contributed by atoms with Crippen molar-refractivity contribution in [2.24, 2.45) is 0 Å². The molecule has 208 valence electrons. The van der Waals surface area contributed by atoms with Crippen LogP contribution in [0.2, 0.25) is 0 Å². The van der Waals surface area contributed by atoms with Gasteiger partial charge in [-0.1, -0.05) is 18.2 Å². The average Bonchev–Trinajstić information content (AvgIpc) is 3.06. The molecule has 1 fully saturated rings. The molecular formula is C28H32N2O7S2. The van der Waals surface area contributed by atoms with Crippen molar-refractivity contribution in [2.45, 2.75) is 39.8 Å². The van der Waals surface area contributed by atoms with Crippen LogP contribution >= 0.6 is 0 Å². The van der Waals surface area contributed by atoms with Gasteiger partial charge in [-0.05, 0) is 97.5 Å². The predicted octanol–water partition coefficient (Wildman–Crippen LogP) is 3.93. The van der Waals surface area contributed by atoms with E-state index in [2.05, 4.69) is 6.07 Å². The number of hydrogen-bond acceptors (Lipinski definition) is 7. The molecule has 1 atom stereocenters. The number of carbonyl (C=O) groups is 1. The molecule has 1 saturated heterocycles. The first-order chi connectivity index (χ1) is 18.3. The van der Waals surface area contributed by atoms with Gasteiger partial charge in [0.2, 0.25) is 0 Å². The molecule has 0 radical (unpaired) electrons. The number of carbonyl (C=O) groups excluding carboxylic acids is 1. The summed E-state index contributed by atoms with van der Waals surface area (Å²) in [5.41, 5.74) is 5.55. The zero-order chi connectivity index (χ0) is 28.4. The van der Waals surface area contributed by atoms with E-state index >= 15 is 0 Å². The fourth-order valence-corrected chi connectivity index (χ4v) is 6.66. The highest BCUT2D eigenvalue weighted by Crippen LogP contribution is 2.32. The molecule has 11 heteroatoms. The summed E-state index contributed by atoms with van der Waals surface area (Å²) in [7, 11) is -6.90. The summed E-state index contributed by atoms with van der Waals surface area (Å²) in [5, 5.41) is 0. The Morgan fingerprint density at radius 2 is 1.62 bits per heavy atom. The number of sulfone groups is 1. The molecule has 0 saturated carbocycles. The number of nitrogens with zero attached hydrogens (tertiary/aromatic N) is 1. The van der Waals surface area contributed by atoms with Crippen molar-refractivity contribution in [2.75, 3.05) is 22.9 Å². The van der Waals surface area contributed by atoms with Gasteiger partial charge in [-0.15, -0.1) is 0 Å². The Balaban J connectivity index is 1.42. The van der Waals surface area contributed by atoms with E-state index in [4.69, 9.17) is 9.47 Å². The van der Waals surface area contributed by atoms with Crippen LogP contribution in [0.15, 0.2) is 60.7 Å². The second-order valence-electron chi connectivity index (χ2n) is 9.69. The molecule has 4 rings (SSSR count). The third-order valence-electron chi connectivity index (χ3n) is 6.37. The zero-order valence-corrected chi connectivity index (χ0v) is 23.9. The molecule has 3 aromatic carbocycles. The molecule has 0 aliphatic carbocycles. The van der Waals surface area contributed by atoms with Crippen LogP contribution in [0, 0.1) is 13.8 Å². The van der Waals surface area contributed by atoms with Crippen LogP contribution in [0.5, 0.6) is 11.5 Å². The van der Waals surface area contributed by atoms with Crippen molar-refractivity contribution in [3.63, 3.8) is 0 Å². The van der Waals surface area contributed by atoms with Crippen LogP contribution in [0.4, 0.5) is 5.69 Å². The second kappa shape index (κ2) is 11.3. The number of amides is 1. The van der Waals surface area contributed by atoms with Gasteiger partial charge in [-0.3, -0.25) is 4.79 Å². The number of rotatable bonds is 10. The van der Waals surface area contributed by atoms with Crippen molar-refractivity contribution in [1.82, 2.24) is 4.72 Å². The minimum Gasteiger partial charge on any atom is -0.494 e. The summed E-state index contributed by atoms with van der Waals surface area (Å²) < 4.78 is 61.9. The molecule has 1 aliphatic rings. The summed E-state index contributed by atoms with van der Waals surface area (Å²) in [4.78, 5) is 11.8. The fourth-order valence-electron chi connectivity index (χ4n) is 4.58. The predicted molar refractivity (Wildman–Crippen MR) is 151 cm³/mol. The van der Waals surface area contributed by atoms with Crippen LogP contribution in [0.1, 0.15) is 30.0 Å². The van der Waals surface area contributed by atoms with Crippen LogP contribution in [0.3, 0.4) is 0 Å². The summed E-state index contributed by atoms with van der Waals surface area (Å²) in [6, 6.07) is 17.7. The van der Waals surface area contributed by atoms with Crippen LogP contribution < -0.4 is 18.5 Å². The molecule has 39 heavy (non-hydrogen) atoms. The van der Waals surface area contributed by atoms with Gasteiger partial charge in [0.25, 0.3) is 5.91 Å². The Morgan fingerprint density at radius 3 is 2.21 bits per heavy atom. The van der Waals surface area contributed by atoms with Gasteiger partial charge >= 0.3 is 10.2 Å². The Morgan fingerprint density at radius 1 is 0.949 bits per heavy atom. The van der Waals surface area contributed by atoms with Gasteiger partial charge in [0.1, 0.15) is 34.0 Å². The topological polar surface area (TPSA) is 119 Å². The highest BCUT2D eigenvalue weighted by atomic mass is 32.2. The van der Waals surface area contributed by atoms with E-state index in [0.29, 0.717) is 36.8 Å². The normalized spacial score (nSPS) is 16.7. The van der Waals surface area contributed by atoms with E-state index in [-0.39, 0.29) is 5.75 Å². The third-order valence-corrected chi connectivity index (χ3v) is 8.90. The SMILES string of the molecule is Cc1cc(OCCCS(C)(=O)=O)cc(C)c1-c1cccc(COc2ccc(N3C(C)C(=O)NS3(=O)=O)cc2)c1. The van der Waals surface area contributed by atoms with Crippen molar-refractivity contribution < 1.29 is 31.1 Å². The lowest BCUT2D eigenvalue weighted by molar-refractivity contribution is -0.119. The van der Waals surface area contributed by atoms with Gasteiger partial charge in [0.05, 0.1) is 18.0 Å². The quantitative estimate of drug-likeness (QED) is 0.366. The van der Waals surface area contributed by atoms with Gasteiger partial charge in [0, 0.05) is 6.26 Å². The van der Waals surface area contributed by atoms with Gasteiger partial charge in [-0.2, -0.15) is 8.42 Å². The number of anilines is 1. The van der Waals surface area contributed by atoms with Crippen LogP contribution in [-0.2, 0) is 31.4 Å². The lowest BCUT2D eigenvalue weighted by Gasteiger charge is -2.19. The fraction of sp³-hybridized carbons (Fsp3) is 0.321. The number of nitrogens with one attached hydrogen (secondary N) is 1. The van der Waals surface area contributed by atoms with Gasteiger partial charge in [-0.25, -0.2) is 17.4 Å². The average molecular weight is 573 g/mol. The summed E-state index contributed by atoms with van der Waals surface area (Å²) in [6.07, 6.45) is 1.66. The lowest BCUT2D eigenvalue weighted by atomic mass is 9.94. The lowest BCUT2D eigenvalue weighted by Crippen LogP contribution is -2.33. The van der Waals surface area contributed by atoms with E-state index in [1.54, 1.807) is 24.3 Å². The van der Waals surface area contributed by atoms with Crippen molar-refractivity contribution in [1.29, 1.82) is 0 Å². The maximum Gasteiger partial charge on any atom is 0.326 e. The molecule has 0 spiro atoms. The maximum absolute atomic E-state index is 12.2. The van der Waals surface area contributed by atoms with Crippen LogP contribution in [-0.4, -0.2) is 47.4 Å². The van der Waals surface area contributed by atoms with E-state index in [0.717, 1.165) is 32.1 Å². The number of ether oxygens (including phenoxy) is 2. The summed E-state index contributed by atoms with van der Waals surface area (Å²) in [6.45, 7) is 6.21. The first-order valence-electron chi connectivity index (χ1n) is 12.4. The molecule has 1 N–H and O–H groups in total. The Hall–Kier alpha value is -3.57. The number of hydrogen-bond donors (Lipinski definition) is 1. The second-order valence-corrected chi connectivity index (χ2v) is 13.5. The van der Waals surface area contributed by atoms with Crippen molar-refractivity contribution in [3.8, 4) is 22.6 Å². The smallest absolute Gasteiger partial charge is 0.326 e. The molecule has 1 heterocycles. The molecule has 3 aromatic rings. The zero-order valence-electron chi connectivity index (χ0n) is 22.3. The number of benzene rings is 3. The molecule has 9 nitrogen and oxygen atoms in total. The van der Waals surface area contributed by atoms with E-state index in [9.17, 15) is 21.6 Å².